The van der Waals surface area contributed by atoms with E-state index < -0.39 is 9.84 Å². The molecule has 0 radical (unpaired) electrons. The molecule has 1 aliphatic rings. The van der Waals surface area contributed by atoms with E-state index in [4.69, 9.17) is 16.3 Å². The summed E-state index contributed by atoms with van der Waals surface area (Å²) in [5.74, 6) is 0.612. The summed E-state index contributed by atoms with van der Waals surface area (Å²) < 4.78 is 29.3. The van der Waals surface area contributed by atoms with Crippen molar-refractivity contribution in [1.82, 2.24) is 4.90 Å². The van der Waals surface area contributed by atoms with Crippen LogP contribution in [0.4, 0.5) is 0 Å². The number of sulfone groups is 1. The lowest BCUT2D eigenvalue weighted by Crippen LogP contribution is -2.30. The van der Waals surface area contributed by atoms with Crippen LogP contribution in [0.15, 0.2) is 47.4 Å². The second-order valence-corrected chi connectivity index (χ2v) is 8.97. The topological polar surface area (TPSA) is 63.7 Å². The molecule has 0 aromatic heterocycles. The molecule has 7 heteroatoms. The van der Waals surface area contributed by atoms with Crippen LogP contribution in [0.3, 0.4) is 0 Å². The van der Waals surface area contributed by atoms with E-state index in [1.54, 1.807) is 11.0 Å². The molecule has 0 N–H and O–H groups in total. The fraction of sp³-hybridized carbons (Fsp3) is 0.350. The van der Waals surface area contributed by atoms with Crippen molar-refractivity contribution in [2.75, 3.05) is 19.4 Å². The van der Waals surface area contributed by atoms with E-state index in [0.29, 0.717) is 18.7 Å². The van der Waals surface area contributed by atoms with Crippen molar-refractivity contribution in [1.29, 1.82) is 0 Å². The van der Waals surface area contributed by atoms with E-state index in [0.717, 1.165) is 30.4 Å². The molecule has 144 valence electrons. The first-order valence-electron chi connectivity index (χ1n) is 8.84. The van der Waals surface area contributed by atoms with Gasteiger partial charge < -0.3 is 9.64 Å². The molecule has 0 saturated carbocycles. The van der Waals surface area contributed by atoms with Crippen LogP contribution in [0, 0.1) is 0 Å². The van der Waals surface area contributed by atoms with Gasteiger partial charge in [0.1, 0.15) is 5.75 Å². The van der Waals surface area contributed by atoms with E-state index in [1.807, 2.05) is 31.2 Å². The van der Waals surface area contributed by atoms with Gasteiger partial charge in [-0.15, -0.1) is 0 Å². The monoisotopic (exact) mass is 407 g/mol. The van der Waals surface area contributed by atoms with Gasteiger partial charge in [-0.2, -0.15) is 0 Å². The van der Waals surface area contributed by atoms with Crippen molar-refractivity contribution in [3.05, 3.63) is 58.6 Å². The lowest BCUT2D eigenvalue weighted by Gasteiger charge is -2.25. The predicted molar refractivity (Wildman–Crippen MR) is 105 cm³/mol. The van der Waals surface area contributed by atoms with E-state index in [9.17, 15) is 13.2 Å². The first-order chi connectivity index (χ1) is 12.8. The van der Waals surface area contributed by atoms with E-state index in [1.165, 1.54) is 12.1 Å². The summed E-state index contributed by atoms with van der Waals surface area (Å²) in [6.45, 7) is 3.17. The number of carbonyl (C=O) groups excluding carboxylic acids is 1. The van der Waals surface area contributed by atoms with Gasteiger partial charge in [-0.05, 0) is 55.7 Å². The van der Waals surface area contributed by atoms with E-state index in [-0.39, 0.29) is 21.9 Å². The third-order valence-corrected chi connectivity index (χ3v) is 6.25. The molecule has 27 heavy (non-hydrogen) atoms. The zero-order valence-electron chi connectivity index (χ0n) is 15.3. The lowest BCUT2D eigenvalue weighted by molar-refractivity contribution is 0.0735. The van der Waals surface area contributed by atoms with Crippen LogP contribution in [0.2, 0.25) is 5.02 Å². The Bertz CT molecular complexity index is 941. The normalized spacial score (nSPS) is 17.1. The Labute approximate surface area is 164 Å². The van der Waals surface area contributed by atoms with Crippen LogP contribution in [0.1, 0.15) is 41.7 Å². The average Bonchev–Trinajstić information content (AvgIpc) is 3.11. The molecular weight excluding hydrogens is 386 g/mol. The Kier molecular flexibility index (Phi) is 5.77. The summed E-state index contributed by atoms with van der Waals surface area (Å²) in [5.41, 5.74) is 1.37. The molecule has 1 amide bonds. The number of likely N-dealkylation sites (tertiary alicyclic amines) is 1. The molecule has 0 unspecified atom stereocenters. The van der Waals surface area contributed by atoms with Crippen molar-refractivity contribution in [3.8, 4) is 5.75 Å². The molecule has 5 nitrogen and oxygen atoms in total. The molecule has 2 aromatic rings. The maximum Gasteiger partial charge on any atom is 0.254 e. The maximum atomic E-state index is 13.1. The lowest BCUT2D eigenvalue weighted by atomic mass is 10.0. The smallest absolute Gasteiger partial charge is 0.254 e. The Morgan fingerprint density at radius 1 is 1.22 bits per heavy atom. The van der Waals surface area contributed by atoms with Gasteiger partial charge in [-0.1, -0.05) is 23.7 Å². The minimum atomic E-state index is -3.51. The minimum absolute atomic E-state index is 0.0215. The van der Waals surface area contributed by atoms with Crippen molar-refractivity contribution in [3.63, 3.8) is 0 Å². The number of hydrogen-bond acceptors (Lipinski definition) is 4. The highest BCUT2D eigenvalue weighted by Crippen LogP contribution is 2.34. The number of carbonyl (C=O) groups is 1. The van der Waals surface area contributed by atoms with Crippen molar-refractivity contribution in [2.24, 2.45) is 0 Å². The summed E-state index contributed by atoms with van der Waals surface area (Å²) in [6.07, 6.45) is 2.85. The fourth-order valence-corrected chi connectivity index (χ4v) is 4.70. The van der Waals surface area contributed by atoms with Crippen LogP contribution in [-0.4, -0.2) is 38.6 Å². The average molecular weight is 408 g/mol. The van der Waals surface area contributed by atoms with Gasteiger partial charge in [0.15, 0.2) is 9.84 Å². The van der Waals surface area contributed by atoms with Gasteiger partial charge in [0.25, 0.3) is 5.91 Å². The van der Waals surface area contributed by atoms with E-state index >= 15 is 0 Å². The second kappa shape index (κ2) is 7.90. The molecule has 1 atom stereocenters. The SMILES string of the molecule is CCOc1ccc([C@H]2CCCN2C(=O)c2ccc(Cl)c(S(C)(=O)=O)c2)cc1. The van der Waals surface area contributed by atoms with Gasteiger partial charge >= 0.3 is 0 Å². The molecule has 1 fully saturated rings. The minimum Gasteiger partial charge on any atom is -0.494 e. The number of ether oxygens (including phenoxy) is 1. The number of hydrogen-bond donors (Lipinski definition) is 0. The standard InChI is InChI=1S/C20H22ClNO4S/c1-3-26-16-9-6-14(7-10-16)18-5-4-12-22(18)20(23)15-8-11-17(21)19(13-15)27(2,24)25/h6-11,13,18H,3-5,12H2,1-2H3/t18-/m1/s1. The van der Waals surface area contributed by atoms with Gasteiger partial charge in [0, 0.05) is 18.4 Å². The first-order valence-corrected chi connectivity index (χ1v) is 11.1. The molecule has 1 heterocycles. The highest BCUT2D eigenvalue weighted by molar-refractivity contribution is 7.90. The van der Waals surface area contributed by atoms with Crippen LogP contribution < -0.4 is 4.74 Å². The molecule has 0 spiro atoms. The molecule has 3 rings (SSSR count). The van der Waals surface area contributed by atoms with Crippen LogP contribution in [0.25, 0.3) is 0 Å². The van der Waals surface area contributed by atoms with Crippen LogP contribution in [-0.2, 0) is 9.84 Å². The molecule has 2 aromatic carbocycles. The Balaban J connectivity index is 1.88. The number of benzene rings is 2. The Morgan fingerprint density at radius 2 is 1.93 bits per heavy atom. The highest BCUT2D eigenvalue weighted by atomic mass is 35.5. The zero-order chi connectivity index (χ0) is 19.6. The van der Waals surface area contributed by atoms with Gasteiger partial charge in [-0.25, -0.2) is 8.42 Å². The van der Waals surface area contributed by atoms with E-state index in [2.05, 4.69) is 0 Å². The van der Waals surface area contributed by atoms with Crippen molar-refractivity contribution < 1.29 is 17.9 Å². The summed E-state index contributed by atoms with van der Waals surface area (Å²) in [4.78, 5) is 14.8. The number of halogens is 1. The van der Waals surface area contributed by atoms with Gasteiger partial charge in [0.2, 0.25) is 0 Å². The number of nitrogens with zero attached hydrogens (tertiary/aromatic N) is 1. The summed E-state index contributed by atoms with van der Waals surface area (Å²) in [5, 5.41) is 0.124. The van der Waals surface area contributed by atoms with Gasteiger partial charge in [-0.3, -0.25) is 4.79 Å². The van der Waals surface area contributed by atoms with Crippen LogP contribution >= 0.6 is 11.6 Å². The Hall–Kier alpha value is -2.05. The van der Waals surface area contributed by atoms with Crippen molar-refractivity contribution in [2.45, 2.75) is 30.7 Å². The quantitative estimate of drug-likeness (QED) is 0.747. The molecule has 1 saturated heterocycles. The first kappa shape index (κ1) is 19.7. The summed E-state index contributed by atoms with van der Waals surface area (Å²) in [7, 11) is -3.51. The van der Waals surface area contributed by atoms with Crippen molar-refractivity contribution >= 4 is 27.3 Å². The van der Waals surface area contributed by atoms with Gasteiger partial charge in [0.05, 0.1) is 22.6 Å². The zero-order valence-corrected chi connectivity index (χ0v) is 16.9. The molecule has 1 aliphatic heterocycles. The number of rotatable bonds is 5. The van der Waals surface area contributed by atoms with Crippen LogP contribution in [0.5, 0.6) is 5.75 Å². The highest BCUT2D eigenvalue weighted by Gasteiger charge is 2.31. The molecular formula is C20H22ClNO4S. The Morgan fingerprint density at radius 3 is 2.56 bits per heavy atom. The third kappa shape index (κ3) is 4.28. The maximum absolute atomic E-state index is 13.1. The molecule has 0 bridgehead atoms. The predicted octanol–water partition coefficient (Wildman–Crippen LogP) is 4.12. The second-order valence-electron chi connectivity index (χ2n) is 6.58. The largest absolute Gasteiger partial charge is 0.494 e. The number of amides is 1. The summed E-state index contributed by atoms with van der Waals surface area (Å²) in [6, 6.07) is 12.1. The summed E-state index contributed by atoms with van der Waals surface area (Å²) >= 11 is 5.99. The third-order valence-electron chi connectivity index (χ3n) is 4.67. The molecule has 0 aliphatic carbocycles. The fourth-order valence-electron chi connectivity index (χ4n) is 3.40.